The van der Waals surface area contributed by atoms with Gasteiger partial charge in [0.05, 0.1) is 0 Å². The maximum atomic E-state index is 2.65. The summed E-state index contributed by atoms with van der Waals surface area (Å²) in [5, 5.41) is 0. The molecule has 0 aliphatic carbocycles. The van der Waals surface area contributed by atoms with Crippen molar-refractivity contribution in [3.63, 3.8) is 0 Å². The van der Waals surface area contributed by atoms with Crippen LogP contribution in [0.4, 0.5) is 0 Å². The first-order chi connectivity index (χ1) is 5.83. The van der Waals surface area contributed by atoms with Crippen LogP contribution in [0.1, 0.15) is 46.0 Å². The van der Waals surface area contributed by atoms with Gasteiger partial charge in [0.2, 0.25) is 0 Å². The Morgan fingerprint density at radius 3 is 2.83 bits per heavy atom. The second-order valence-electron chi connectivity index (χ2n) is 4.23. The number of hydrogen-bond acceptors (Lipinski definition) is 1. The van der Waals surface area contributed by atoms with E-state index in [0.717, 1.165) is 5.92 Å². The zero-order valence-electron chi connectivity index (χ0n) is 8.68. The maximum absolute atomic E-state index is 2.65. The molecule has 12 heavy (non-hydrogen) atoms. The van der Waals surface area contributed by atoms with Crippen molar-refractivity contribution in [3.05, 3.63) is 0 Å². The summed E-state index contributed by atoms with van der Waals surface area (Å²) in [7, 11) is 0. The van der Waals surface area contributed by atoms with Gasteiger partial charge in [-0.3, -0.25) is 0 Å². The van der Waals surface area contributed by atoms with E-state index in [-0.39, 0.29) is 0 Å². The standard InChI is InChI=1S/C11H23N/c1-3-4-8-12-9-5-6-11(2)7-10-12/h11H,3-10H2,1-2H3. The first kappa shape index (κ1) is 10.0. The minimum atomic E-state index is 0.969. The zero-order chi connectivity index (χ0) is 8.81. The Morgan fingerprint density at radius 1 is 1.25 bits per heavy atom. The molecule has 1 nitrogen and oxygen atoms in total. The Kier molecular flexibility index (Phi) is 4.67. The number of likely N-dealkylation sites (tertiary alicyclic amines) is 1. The molecule has 1 unspecified atom stereocenters. The summed E-state index contributed by atoms with van der Waals surface area (Å²) in [5.74, 6) is 0.969. The molecule has 1 aliphatic heterocycles. The van der Waals surface area contributed by atoms with Gasteiger partial charge in [0, 0.05) is 0 Å². The van der Waals surface area contributed by atoms with E-state index in [1.165, 1.54) is 51.7 Å². The van der Waals surface area contributed by atoms with Crippen LogP contribution in [-0.2, 0) is 0 Å². The van der Waals surface area contributed by atoms with E-state index in [1.54, 1.807) is 0 Å². The molecular formula is C11H23N. The second-order valence-corrected chi connectivity index (χ2v) is 4.23. The molecule has 0 amide bonds. The van der Waals surface area contributed by atoms with E-state index in [2.05, 4.69) is 18.7 Å². The van der Waals surface area contributed by atoms with Gasteiger partial charge < -0.3 is 4.90 Å². The lowest BCUT2D eigenvalue weighted by atomic mass is 10.0. The van der Waals surface area contributed by atoms with E-state index < -0.39 is 0 Å². The van der Waals surface area contributed by atoms with Crippen LogP contribution in [0.15, 0.2) is 0 Å². The summed E-state index contributed by atoms with van der Waals surface area (Å²) in [6.07, 6.45) is 7.01. The molecule has 1 fully saturated rings. The highest BCUT2D eigenvalue weighted by atomic mass is 15.1. The van der Waals surface area contributed by atoms with E-state index >= 15 is 0 Å². The smallest absolute Gasteiger partial charge is 0.00162 e. The van der Waals surface area contributed by atoms with Crippen molar-refractivity contribution in [3.8, 4) is 0 Å². The van der Waals surface area contributed by atoms with Gasteiger partial charge in [-0.2, -0.15) is 0 Å². The van der Waals surface area contributed by atoms with Gasteiger partial charge in [-0.15, -0.1) is 0 Å². The fourth-order valence-corrected chi connectivity index (χ4v) is 1.93. The Labute approximate surface area is 77.1 Å². The monoisotopic (exact) mass is 169 g/mol. The van der Waals surface area contributed by atoms with Gasteiger partial charge in [0.15, 0.2) is 0 Å². The van der Waals surface area contributed by atoms with Crippen LogP contribution in [-0.4, -0.2) is 24.5 Å². The minimum Gasteiger partial charge on any atom is -0.303 e. The highest BCUT2D eigenvalue weighted by Crippen LogP contribution is 2.16. The van der Waals surface area contributed by atoms with Crippen molar-refractivity contribution < 1.29 is 0 Å². The molecule has 0 aromatic rings. The van der Waals surface area contributed by atoms with Gasteiger partial charge in [-0.05, 0) is 51.2 Å². The average molecular weight is 169 g/mol. The van der Waals surface area contributed by atoms with E-state index in [9.17, 15) is 0 Å². The number of unbranched alkanes of at least 4 members (excludes halogenated alkanes) is 1. The molecule has 1 atom stereocenters. The molecule has 0 radical (unpaired) electrons. The summed E-state index contributed by atoms with van der Waals surface area (Å²) in [4.78, 5) is 2.65. The number of rotatable bonds is 3. The molecule has 1 rings (SSSR count). The van der Waals surface area contributed by atoms with Gasteiger partial charge in [0.1, 0.15) is 0 Å². The second kappa shape index (κ2) is 5.58. The lowest BCUT2D eigenvalue weighted by Crippen LogP contribution is -2.25. The van der Waals surface area contributed by atoms with Crippen LogP contribution in [0, 0.1) is 5.92 Å². The number of hydrogen-bond donors (Lipinski definition) is 0. The lowest BCUT2D eigenvalue weighted by molar-refractivity contribution is 0.277. The summed E-state index contributed by atoms with van der Waals surface area (Å²) in [6.45, 7) is 8.71. The van der Waals surface area contributed by atoms with Gasteiger partial charge >= 0.3 is 0 Å². The summed E-state index contributed by atoms with van der Waals surface area (Å²) in [6, 6.07) is 0. The Bertz CT molecular complexity index is 110. The van der Waals surface area contributed by atoms with Gasteiger partial charge in [0.25, 0.3) is 0 Å². The highest BCUT2D eigenvalue weighted by Gasteiger charge is 2.12. The van der Waals surface area contributed by atoms with Gasteiger partial charge in [-0.1, -0.05) is 20.3 Å². The van der Waals surface area contributed by atoms with E-state index in [0.29, 0.717) is 0 Å². The van der Waals surface area contributed by atoms with Crippen molar-refractivity contribution in [1.82, 2.24) is 4.90 Å². The van der Waals surface area contributed by atoms with Crippen LogP contribution in [0.25, 0.3) is 0 Å². The van der Waals surface area contributed by atoms with Crippen LogP contribution in [0.5, 0.6) is 0 Å². The molecule has 1 heteroatoms. The van der Waals surface area contributed by atoms with Crippen molar-refractivity contribution in [2.75, 3.05) is 19.6 Å². The normalized spacial score (nSPS) is 27.0. The number of nitrogens with zero attached hydrogens (tertiary/aromatic N) is 1. The fraction of sp³-hybridized carbons (Fsp3) is 1.00. The first-order valence-electron chi connectivity index (χ1n) is 5.55. The fourth-order valence-electron chi connectivity index (χ4n) is 1.93. The molecule has 0 saturated carbocycles. The Balaban J connectivity index is 2.17. The highest BCUT2D eigenvalue weighted by molar-refractivity contribution is 4.66. The van der Waals surface area contributed by atoms with Crippen LogP contribution in [0.3, 0.4) is 0 Å². The van der Waals surface area contributed by atoms with Crippen molar-refractivity contribution in [2.24, 2.45) is 5.92 Å². The molecule has 0 aromatic heterocycles. The molecular weight excluding hydrogens is 146 g/mol. The average Bonchev–Trinajstić information content (AvgIpc) is 2.27. The third-order valence-electron chi connectivity index (χ3n) is 2.94. The van der Waals surface area contributed by atoms with Crippen molar-refractivity contribution in [2.45, 2.75) is 46.0 Å². The molecule has 0 N–H and O–H groups in total. The molecule has 1 heterocycles. The van der Waals surface area contributed by atoms with Gasteiger partial charge in [-0.25, -0.2) is 0 Å². The molecule has 1 saturated heterocycles. The molecule has 0 aromatic carbocycles. The molecule has 1 aliphatic rings. The third-order valence-corrected chi connectivity index (χ3v) is 2.94. The summed E-state index contributed by atoms with van der Waals surface area (Å²) < 4.78 is 0. The topological polar surface area (TPSA) is 3.24 Å². The first-order valence-corrected chi connectivity index (χ1v) is 5.55. The van der Waals surface area contributed by atoms with Crippen LogP contribution >= 0.6 is 0 Å². The van der Waals surface area contributed by atoms with Crippen molar-refractivity contribution in [1.29, 1.82) is 0 Å². The maximum Gasteiger partial charge on any atom is -0.00162 e. The summed E-state index contributed by atoms with van der Waals surface area (Å²) in [5.41, 5.74) is 0. The van der Waals surface area contributed by atoms with Crippen LogP contribution in [0.2, 0.25) is 0 Å². The molecule has 72 valence electrons. The quantitative estimate of drug-likeness (QED) is 0.628. The zero-order valence-corrected chi connectivity index (χ0v) is 8.68. The third kappa shape index (κ3) is 3.57. The molecule has 0 bridgehead atoms. The minimum absolute atomic E-state index is 0.969. The van der Waals surface area contributed by atoms with E-state index in [4.69, 9.17) is 0 Å². The lowest BCUT2D eigenvalue weighted by Gasteiger charge is -2.19. The summed E-state index contributed by atoms with van der Waals surface area (Å²) >= 11 is 0. The van der Waals surface area contributed by atoms with Crippen LogP contribution < -0.4 is 0 Å². The van der Waals surface area contributed by atoms with E-state index in [1.807, 2.05) is 0 Å². The predicted octanol–water partition coefficient (Wildman–Crippen LogP) is 2.91. The SMILES string of the molecule is CCCCN1CCCC(C)CC1. The predicted molar refractivity (Wildman–Crippen MR) is 54.4 cm³/mol. The Hall–Kier alpha value is -0.0400. The van der Waals surface area contributed by atoms with Crippen molar-refractivity contribution >= 4 is 0 Å². The largest absolute Gasteiger partial charge is 0.303 e. The molecule has 0 spiro atoms. The Morgan fingerprint density at radius 2 is 2.08 bits per heavy atom.